The van der Waals surface area contributed by atoms with E-state index < -0.39 is 12.1 Å². The van der Waals surface area contributed by atoms with Crippen molar-refractivity contribution in [3.8, 4) is 0 Å². The second-order valence-electron chi connectivity index (χ2n) is 8.58. The van der Waals surface area contributed by atoms with E-state index in [-0.39, 0.29) is 42.2 Å². The molecule has 6 atom stereocenters. The molecule has 4 aliphatic rings. The van der Waals surface area contributed by atoms with Crippen LogP contribution in [0, 0.1) is 11.8 Å². The number of aliphatic hydroxyl groups excluding tert-OH is 1. The van der Waals surface area contributed by atoms with E-state index in [1.54, 1.807) is 0 Å². The lowest BCUT2D eigenvalue weighted by molar-refractivity contribution is -0.157. The summed E-state index contributed by atoms with van der Waals surface area (Å²) in [6.45, 7) is 1.71. The van der Waals surface area contributed by atoms with Crippen molar-refractivity contribution in [3.63, 3.8) is 0 Å². The Bertz CT molecular complexity index is 773. The normalized spacial score (nSPS) is 36.2. The number of carbonyl (C=O) groups is 2. The van der Waals surface area contributed by atoms with Crippen molar-refractivity contribution in [2.45, 2.75) is 56.3 Å². The highest BCUT2D eigenvalue weighted by molar-refractivity contribution is 5.89. The van der Waals surface area contributed by atoms with Gasteiger partial charge < -0.3 is 20.6 Å². The molecule has 3 heterocycles. The van der Waals surface area contributed by atoms with Crippen LogP contribution in [0.5, 0.6) is 0 Å². The molecule has 3 saturated heterocycles. The number of halogens is 1. The van der Waals surface area contributed by atoms with Crippen molar-refractivity contribution in [1.29, 1.82) is 0 Å². The van der Waals surface area contributed by atoms with Crippen molar-refractivity contribution in [3.05, 3.63) is 35.4 Å². The molecule has 2 amide bonds. The molecule has 0 unspecified atom stereocenters. The lowest BCUT2D eigenvalue weighted by Crippen LogP contribution is -2.68. The average molecular weight is 406 g/mol. The summed E-state index contributed by atoms with van der Waals surface area (Å²) in [4.78, 5) is 28.0. The molecule has 28 heavy (non-hydrogen) atoms. The quantitative estimate of drug-likeness (QED) is 0.690. The van der Waals surface area contributed by atoms with Crippen LogP contribution in [0.15, 0.2) is 24.3 Å². The monoisotopic (exact) mass is 405 g/mol. The Balaban J connectivity index is 0.00000192. The molecule has 3 aliphatic heterocycles. The molecule has 2 bridgehead atoms. The molecule has 5 rings (SSSR count). The van der Waals surface area contributed by atoms with E-state index >= 15 is 0 Å². The zero-order valence-corrected chi connectivity index (χ0v) is 16.7. The van der Waals surface area contributed by atoms with Gasteiger partial charge in [-0.2, -0.15) is 0 Å². The van der Waals surface area contributed by atoms with Gasteiger partial charge in [0, 0.05) is 31.3 Å². The maximum Gasteiger partial charge on any atom is 0.243 e. The summed E-state index contributed by atoms with van der Waals surface area (Å²) in [5, 5.41) is 17.1. The predicted molar refractivity (Wildman–Crippen MR) is 107 cm³/mol. The van der Waals surface area contributed by atoms with Crippen LogP contribution in [-0.4, -0.2) is 53.1 Å². The van der Waals surface area contributed by atoms with Crippen LogP contribution in [0.1, 0.15) is 42.9 Å². The van der Waals surface area contributed by atoms with Crippen LogP contribution in [0.4, 0.5) is 0 Å². The van der Waals surface area contributed by atoms with E-state index in [2.05, 4.69) is 10.6 Å². The SMILES string of the molecule is Cl.O=C(N[C@@H]1c2ccccc2C[C@@H]1O)[C@H]1[C@@H]2CNC[C@@H](C2)[C@@H]2CCCC(=O)N21. The highest BCUT2D eigenvalue weighted by atomic mass is 35.5. The Morgan fingerprint density at radius 2 is 2.00 bits per heavy atom. The van der Waals surface area contributed by atoms with Gasteiger partial charge >= 0.3 is 0 Å². The Hall–Kier alpha value is -1.63. The number of nitrogens with zero attached hydrogens (tertiary/aromatic N) is 1. The first-order chi connectivity index (χ1) is 13.1. The molecule has 152 valence electrons. The second-order valence-corrected chi connectivity index (χ2v) is 8.58. The van der Waals surface area contributed by atoms with Crippen LogP contribution in [0.3, 0.4) is 0 Å². The number of piperidine rings is 3. The third kappa shape index (κ3) is 3.11. The standard InChI is InChI=1S/C21H27N3O3.ClH/c25-17-9-12-4-1-2-5-15(12)19(17)23-21(27)20-14-8-13(10-22-11-14)16-6-3-7-18(26)24(16)20;/h1-2,4-5,13-14,16-17,19-20,22,25H,3,6-11H2,(H,23,27);1H/t13-,14+,16+,17+,19-,20-;/m1./s1. The highest BCUT2D eigenvalue weighted by Gasteiger charge is 2.51. The van der Waals surface area contributed by atoms with Crippen molar-refractivity contribution < 1.29 is 14.7 Å². The van der Waals surface area contributed by atoms with Crippen LogP contribution >= 0.6 is 12.4 Å². The van der Waals surface area contributed by atoms with Gasteiger partial charge in [0.25, 0.3) is 0 Å². The number of aliphatic hydroxyl groups is 1. The molecular formula is C21H28ClN3O3. The molecule has 3 fully saturated rings. The third-order valence-corrected chi connectivity index (χ3v) is 7.02. The number of amides is 2. The van der Waals surface area contributed by atoms with Crippen LogP contribution < -0.4 is 10.6 Å². The molecule has 7 heteroatoms. The molecule has 0 saturated carbocycles. The van der Waals surface area contributed by atoms with Crippen molar-refractivity contribution >= 4 is 24.2 Å². The molecule has 1 aliphatic carbocycles. The fourth-order valence-electron chi connectivity index (χ4n) is 5.84. The van der Waals surface area contributed by atoms with E-state index in [4.69, 9.17) is 0 Å². The summed E-state index contributed by atoms with van der Waals surface area (Å²) < 4.78 is 0. The summed E-state index contributed by atoms with van der Waals surface area (Å²) in [7, 11) is 0. The number of hydrogen-bond acceptors (Lipinski definition) is 4. The maximum absolute atomic E-state index is 13.4. The summed E-state index contributed by atoms with van der Waals surface area (Å²) >= 11 is 0. The Labute approximate surface area is 171 Å². The fraction of sp³-hybridized carbons (Fsp3) is 0.619. The zero-order valence-electron chi connectivity index (χ0n) is 15.8. The van der Waals surface area contributed by atoms with Crippen molar-refractivity contribution in [2.24, 2.45) is 11.8 Å². The topological polar surface area (TPSA) is 81.7 Å². The van der Waals surface area contributed by atoms with Gasteiger partial charge in [-0.25, -0.2) is 0 Å². The van der Waals surface area contributed by atoms with E-state index in [0.29, 0.717) is 18.8 Å². The molecule has 0 aromatic heterocycles. The van der Waals surface area contributed by atoms with Gasteiger partial charge in [-0.1, -0.05) is 24.3 Å². The summed E-state index contributed by atoms with van der Waals surface area (Å²) in [5.74, 6) is 0.615. The summed E-state index contributed by atoms with van der Waals surface area (Å²) in [6, 6.07) is 7.24. The number of fused-ring (bicyclic) bond motifs is 5. The van der Waals surface area contributed by atoms with Crippen molar-refractivity contribution in [2.75, 3.05) is 13.1 Å². The smallest absolute Gasteiger partial charge is 0.243 e. The van der Waals surface area contributed by atoms with Gasteiger partial charge in [0.1, 0.15) is 6.04 Å². The summed E-state index contributed by atoms with van der Waals surface area (Å²) in [6.07, 6.45) is 3.41. The zero-order chi connectivity index (χ0) is 18.5. The van der Waals surface area contributed by atoms with Crippen molar-refractivity contribution in [1.82, 2.24) is 15.5 Å². The lowest BCUT2D eigenvalue weighted by Gasteiger charge is -2.54. The first-order valence-corrected chi connectivity index (χ1v) is 10.2. The second kappa shape index (κ2) is 7.65. The minimum atomic E-state index is -0.611. The van der Waals surface area contributed by atoms with Crippen LogP contribution in [0.25, 0.3) is 0 Å². The molecule has 6 nitrogen and oxygen atoms in total. The Morgan fingerprint density at radius 3 is 2.86 bits per heavy atom. The molecule has 0 radical (unpaired) electrons. The Kier molecular flexibility index (Phi) is 5.38. The number of rotatable bonds is 2. The first-order valence-electron chi connectivity index (χ1n) is 10.2. The van der Waals surface area contributed by atoms with Crippen LogP contribution in [0.2, 0.25) is 0 Å². The highest BCUT2D eigenvalue weighted by Crippen LogP contribution is 2.40. The molecule has 0 spiro atoms. The van der Waals surface area contributed by atoms with Gasteiger partial charge in [0.05, 0.1) is 12.1 Å². The molecule has 3 N–H and O–H groups in total. The van der Waals surface area contributed by atoms with Gasteiger partial charge in [0.2, 0.25) is 11.8 Å². The molecule has 1 aromatic carbocycles. The van der Waals surface area contributed by atoms with Gasteiger partial charge in [0.15, 0.2) is 0 Å². The average Bonchev–Trinajstić information content (AvgIpc) is 2.98. The minimum absolute atomic E-state index is 0. The Morgan fingerprint density at radius 1 is 1.21 bits per heavy atom. The third-order valence-electron chi connectivity index (χ3n) is 7.02. The molecule has 1 aromatic rings. The maximum atomic E-state index is 13.4. The van der Waals surface area contributed by atoms with E-state index in [9.17, 15) is 14.7 Å². The van der Waals surface area contributed by atoms with Gasteiger partial charge in [-0.15, -0.1) is 12.4 Å². The number of carbonyl (C=O) groups excluding carboxylic acids is 2. The summed E-state index contributed by atoms with van der Waals surface area (Å²) in [5.41, 5.74) is 2.08. The fourth-order valence-corrected chi connectivity index (χ4v) is 5.84. The number of hydrogen-bond donors (Lipinski definition) is 3. The predicted octanol–water partition coefficient (Wildman–Crippen LogP) is 1.17. The first kappa shape index (κ1) is 19.7. The molecular weight excluding hydrogens is 378 g/mol. The number of nitrogens with one attached hydrogen (secondary N) is 2. The van der Waals surface area contributed by atoms with E-state index in [1.165, 1.54) is 0 Å². The van der Waals surface area contributed by atoms with E-state index in [0.717, 1.165) is 43.5 Å². The van der Waals surface area contributed by atoms with Gasteiger partial charge in [-0.3, -0.25) is 9.59 Å². The largest absolute Gasteiger partial charge is 0.390 e. The van der Waals surface area contributed by atoms with Crippen LogP contribution in [-0.2, 0) is 16.0 Å². The van der Waals surface area contributed by atoms with E-state index in [1.807, 2.05) is 29.2 Å². The number of benzene rings is 1. The van der Waals surface area contributed by atoms with Gasteiger partial charge in [-0.05, 0) is 42.9 Å². The lowest BCUT2D eigenvalue weighted by atomic mass is 9.72. The minimum Gasteiger partial charge on any atom is -0.390 e.